The molecule has 0 atom stereocenters. The molecule has 1 aromatic heterocycles. The smallest absolute Gasteiger partial charge is 0.141 e. The molecule has 0 aliphatic heterocycles. The van der Waals surface area contributed by atoms with Crippen molar-refractivity contribution in [2.24, 2.45) is 4.99 Å². The maximum Gasteiger partial charge on any atom is 0.141 e. The normalized spacial score (nSPS) is 12.0. The predicted octanol–water partition coefficient (Wildman–Crippen LogP) is 13.3. The molecule has 0 saturated carbocycles. The number of hydrogen-bond acceptors (Lipinski definition) is 4. The van der Waals surface area contributed by atoms with Crippen LogP contribution in [0.1, 0.15) is 129 Å². The van der Waals surface area contributed by atoms with Crippen LogP contribution in [0.15, 0.2) is 163 Å². The van der Waals surface area contributed by atoms with Crippen LogP contribution in [0.3, 0.4) is 0 Å². The standard InChI is InChI=1S/C59H56N2O2/c1-56(2,3)46-21-27-49(28-22-46)59(50-29-23-47(24-30-50)57(4,5)6,51-31-25-48(26-32-51)58(7,8)9)52-33-35-55(63)53(38-52)61-40-45-37-43(20-34-54(45)62)18-16-41-12-14-42(15-13-41)17-19-44-11-10-36-60-39-44/h10-15,20-40,62-63H,1-9H3. The van der Waals surface area contributed by atoms with Gasteiger partial charge in [-0.15, -0.1) is 0 Å². The van der Waals surface area contributed by atoms with Crippen LogP contribution in [0.25, 0.3) is 0 Å². The largest absolute Gasteiger partial charge is 0.507 e. The molecule has 0 aliphatic carbocycles. The van der Waals surface area contributed by atoms with E-state index in [1.807, 2.05) is 48.5 Å². The summed E-state index contributed by atoms with van der Waals surface area (Å²) in [6, 6.07) is 49.4. The lowest BCUT2D eigenvalue weighted by Crippen LogP contribution is -2.31. The third kappa shape index (κ3) is 9.99. The van der Waals surface area contributed by atoms with Crippen molar-refractivity contribution in [2.75, 3.05) is 0 Å². The van der Waals surface area contributed by atoms with Gasteiger partial charge in [-0.25, -0.2) is 0 Å². The summed E-state index contributed by atoms with van der Waals surface area (Å²) in [6.45, 7) is 20.1. The van der Waals surface area contributed by atoms with E-state index < -0.39 is 5.41 Å². The van der Waals surface area contributed by atoms with Gasteiger partial charge in [-0.1, -0.05) is 165 Å². The molecule has 63 heavy (non-hydrogen) atoms. The highest BCUT2D eigenvalue weighted by Crippen LogP contribution is 2.48. The predicted molar refractivity (Wildman–Crippen MR) is 261 cm³/mol. The Kier molecular flexibility index (Phi) is 12.3. The molecule has 4 nitrogen and oxygen atoms in total. The van der Waals surface area contributed by atoms with Crippen LogP contribution < -0.4 is 0 Å². The lowest BCUT2D eigenvalue weighted by molar-refractivity contribution is 0.473. The highest BCUT2D eigenvalue weighted by atomic mass is 16.3. The first-order chi connectivity index (χ1) is 29.9. The maximum absolute atomic E-state index is 11.4. The van der Waals surface area contributed by atoms with Gasteiger partial charge in [-0.05, 0) is 122 Å². The molecule has 2 N–H and O–H groups in total. The van der Waals surface area contributed by atoms with Crippen molar-refractivity contribution >= 4 is 11.9 Å². The van der Waals surface area contributed by atoms with Gasteiger partial charge in [-0.3, -0.25) is 9.98 Å². The summed E-state index contributed by atoms with van der Waals surface area (Å²) < 4.78 is 0. The zero-order valence-electron chi connectivity index (χ0n) is 37.9. The maximum atomic E-state index is 11.4. The SMILES string of the molecule is CC(C)(C)c1ccc(C(c2ccc(C(C)(C)C)cc2)(c2ccc(C(C)(C)C)cc2)c2ccc(O)c(N=Cc3cc(C#Cc4ccc(C#Cc5cccnc5)cc4)ccc3O)c2)cc1. The lowest BCUT2D eigenvalue weighted by atomic mass is 9.64. The summed E-state index contributed by atoms with van der Waals surface area (Å²) in [5, 5.41) is 22.4. The minimum absolute atomic E-state index is 0.0267. The monoisotopic (exact) mass is 824 g/mol. The van der Waals surface area contributed by atoms with E-state index >= 15 is 0 Å². The summed E-state index contributed by atoms with van der Waals surface area (Å²) >= 11 is 0. The summed E-state index contributed by atoms with van der Waals surface area (Å²) in [7, 11) is 0. The Hall–Kier alpha value is -7.14. The molecule has 0 fully saturated rings. The molecule has 0 amide bonds. The summed E-state index contributed by atoms with van der Waals surface area (Å²) in [4.78, 5) is 8.96. The summed E-state index contributed by atoms with van der Waals surface area (Å²) in [5.41, 5.74) is 11.2. The molecule has 0 radical (unpaired) electrons. The quantitative estimate of drug-likeness (QED) is 0.0997. The van der Waals surface area contributed by atoms with Crippen LogP contribution in [0.5, 0.6) is 11.5 Å². The zero-order valence-corrected chi connectivity index (χ0v) is 37.9. The topological polar surface area (TPSA) is 65.7 Å². The number of nitrogens with zero attached hydrogens (tertiary/aromatic N) is 2. The number of pyridine rings is 1. The third-order valence-electron chi connectivity index (χ3n) is 11.6. The van der Waals surface area contributed by atoms with Gasteiger partial charge in [-0.2, -0.15) is 0 Å². The van der Waals surface area contributed by atoms with Gasteiger partial charge < -0.3 is 10.2 Å². The molecule has 0 aliphatic rings. The van der Waals surface area contributed by atoms with E-state index in [1.165, 1.54) is 16.7 Å². The van der Waals surface area contributed by atoms with Crippen LogP contribution in [0.4, 0.5) is 5.69 Å². The van der Waals surface area contributed by atoms with E-state index in [4.69, 9.17) is 4.99 Å². The average Bonchev–Trinajstić information content (AvgIpc) is 3.26. The molecule has 1 heterocycles. The minimum Gasteiger partial charge on any atom is -0.507 e. The van der Waals surface area contributed by atoms with E-state index in [0.29, 0.717) is 16.8 Å². The molecule has 0 saturated heterocycles. The Labute approximate surface area is 374 Å². The molecule has 0 spiro atoms. The van der Waals surface area contributed by atoms with Crippen LogP contribution in [0.2, 0.25) is 0 Å². The number of phenols is 2. The van der Waals surface area contributed by atoms with E-state index in [2.05, 4.69) is 164 Å². The van der Waals surface area contributed by atoms with E-state index in [1.54, 1.807) is 42.9 Å². The Morgan fingerprint density at radius 3 is 1.27 bits per heavy atom. The van der Waals surface area contributed by atoms with Crippen molar-refractivity contribution in [3.63, 3.8) is 0 Å². The van der Waals surface area contributed by atoms with Crippen molar-refractivity contribution in [3.05, 3.63) is 225 Å². The number of phenolic OH excluding ortho intramolecular Hbond substituents is 2. The Morgan fingerprint density at radius 1 is 0.429 bits per heavy atom. The number of benzene rings is 6. The van der Waals surface area contributed by atoms with Gasteiger partial charge in [0.2, 0.25) is 0 Å². The molecular weight excluding hydrogens is 769 g/mol. The van der Waals surface area contributed by atoms with Gasteiger partial charge in [0.25, 0.3) is 0 Å². The first-order valence-corrected chi connectivity index (χ1v) is 21.5. The van der Waals surface area contributed by atoms with Crippen molar-refractivity contribution in [2.45, 2.75) is 84.0 Å². The van der Waals surface area contributed by atoms with Crippen LogP contribution in [0, 0.1) is 23.7 Å². The van der Waals surface area contributed by atoms with Gasteiger partial charge >= 0.3 is 0 Å². The van der Waals surface area contributed by atoms with E-state index in [-0.39, 0.29) is 27.7 Å². The van der Waals surface area contributed by atoms with Crippen molar-refractivity contribution < 1.29 is 10.2 Å². The number of hydrogen-bond donors (Lipinski definition) is 2. The lowest BCUT2D eigenvalue weighted by Gasteiger charge is -2.38. The minimum atomic E-state index is -0.789. The molecule has 0 bridgehead atoms. The first-order valence-electron chi connectivity index (χ1n) is 21.5. The number of aromatic hydroxyl groups is 2. The second kappa shape index (κ2) is 17.7. The Morgan fingerprint density at radius 2 is 0.825 bits per heavy atom. The van der Waals surface area contributed by atoms with E-state index in [9.17, 15) is 10.2 Å². The summed E-state index contributed by atoms with van der Waals surface area (Å²) in [6.07, 6.45) is 5.06. The number of aliphatic imine (C=N–C) groups is 1. The molecule has 7 rings (SSSR count). The third-order valence-corrected chi connectivity index (χ3v) is 11.6. The first kappa shape index (κ1) is 43.9. The fraction of sp³-hybridized carbons (Fsp3) is 0.220. The molecule has 314 valence electrons. The number of rotatable bonds is 6. The van der Waals surface area contributed by atoms with Crippen LogP contribution in [-0.2, 0) is 21.7 Å². The molecule has 7 aromatic rings. The molecular formula is C59H56N2O2. The average molecular weight is 825 g/mol. The Bertz CT molecular complexity index is 2720. The second-order valence-corrected chi connectivity index (χ2v) is 19.3. The van der Waals surface area contributed by atoms with Crippen molar-refractivity contribution in [3.8, 4) is 35.2 Å². The fourth-order valence-corrected chi connectivity index (χ4v) is 7.76. The molecule has 6 aromatic carbocycles. The van der Waals surface area contributed by atoms with Gasteiger partial charge in [0.1, 0.15) is 17.2 Å². The highest BCUT2D eigenvalue weighted by Gasteiger charge is 2.39. The van der Waals surface area contributed by atoms with Gasteiger partial charge in [0.15, 0.2) is 0 Å². The second-order valence-electron chi connectivity index (χ2n) is 19.3. The Balaban J connectivity index is 1.30. The van der Waals surface area contributed by atoms with Crippen molar-refractivity contribution in [1.29, 1.82) is 0 Å². The molecule has 0 unspecified atom stereocenters. The summed E-state index contributed by atoms with van der Waals surface area (Å²) in [5.74, 6) is 12.8. The van der Waals surface area contributed by atoms with Crippen molar-refractivity contribution in [1.82, 2.24) is 4.98 Å². The van der Waals surface area contributed by atoms with Gasteiger partial charge in [0, 0.05) is 46.4 Å². The highest BCUT2D eigenvalue weighted by molar-refractivity contribution is 5.86. The van der Waals surface area contributed by atoms with Gasteiger partial charge in [0.05, 0.1) is 5.41 Å². The van der Waals surface area contributed by atoms with E-state index in [0.717, 1.165) is 38.9 Å². The number of aromatic nitrogens is 1. The fourth-order valence-electron chi connectivity index (χ4n) is 7.76. The molecule has 4 heteroatoms. The van der Waals surface area contributed by atoms with Crippen LogP contribution in [-0.4, -0.2) is 21.4 Å². The van der Waals surface area contributed by atoms with Crippen LogP contribution >= 0.6 is 0 Å². The zero-order chi connectivity index (χ0) is 45.0.